The molecule has 1 aliphatic rings. The molecule has 1 fully saturated rings. The Morgan fingerprint density at radius 3 is 2.54 bits per heavy atom. The molecule has 0 atom stereocenters. The maximum atomic E-state index is 13.0. The fraction of sp³-hybridized carbons (Fsp3) is 0.353. The lowest BCUT2D eigenvalue weighted by molar-refractivity contribution is -0.146. The Bertz CT molecular complexity index is 734. The monoisotopic (exact) mass is 331 g/mol. The molecule has 24 heavy (non-hydrogen) atoms. The Morgan fingerprint density at radius 1 is 1.25 bits per heavy atom. The van der Waals surface area contributed by atoms with Crippen LogP contribution in [0.2, 0.25) is 0 Å². The summed E-state index contributed by atoms with van der Waals surface area (Å²) in [5, 5.41) is 6.85. The van der Waals surface area contributed by atoms with E-state index in [1.54, 1.807) is 23.1 Å². The van der Waals surface area contributed by atoms with Gasteiger partial charge in [-0.25, -0.2) is 4.39 Å². The summed E-state index contributed by atoms with van der Waals surface area (Å²) in [5.41, 5.74) is 1.70. The second-order valence-corrected chi connectivity index (χ2v) is 5.76. The molecule has 6 nitrogen and oxygen atoms in total. The first-order valence-corrected chi connectivity index (χ1v) is 7.77. The Labute approximate surface area is 138 Å². The summed E-state index contributed by atoms with van der Waals surface area (Å²) in [6, 6.07) is 7.58. The van der Waals surface area contributed by atoms with E-state index in [1.807, 2.05) is 0 Å². The zero-order valence-electron chi connectivity index (χ0n) is 13.3. The minimum Gasteiger partial charge on any atom is -0.469 e. The molecule has 1 saturated heterocycles. The van der Waals surface area contributed by atoms with Crippen molar-refractivity contribution >= 4 is 11.9 Å². The summed E-state index contributed by atoms with van der Waals surface area (Å²) in [4.78, 5) is 25.7. The zero-order valence-corrected chi connectivity index (χ0v) is 13.3. The third-order valence-electron chi connectivity index (χ3n) is 4.26. The predicted octanol–water partition coefficient (Wildman–Crippen LogP) is 2.24. The van der Waals surface area contributed by atoms with Crippen molar-refractivity contribution in [2.24, 2.45) is 5.92 Å². The van der Waals surface area contributed by atoms with Gasteiger partial charge in [0.15, 0.2) is 0 Å². The van der Waals surface area contributed by atoms with E-state index in [0.717, 1.165) is 5.56 Å². The van der Waals surface area contributed by atoms with Crippen LogP contribution in [-0.2, 0) is 9.53 Å². The molecule has 7 heteroatoms. The molecule has 3 rings (SSSR count). The van der Waals surface area contributed by atoms with E-state index in [2.05, 4.69) is 10.2 Å². The number of halogens is 1. The van der Waals surface area contributed by atoms with Gasteiger partial charge in [-0.05, 0) is 43.2 Å². The van der Waals surface area contributed by atoms with Crippen molar-refractivity contribution in [1.82, 2.24) is 15.1 Å². The number of H-pyrrole nitrogens is 1. The van der Waals surface area contributed by atoms with Crippen molar-refractivity contribution in [2.75, 3.05) is 20.2 Å². The number of amides is 1. The van der Waals surface area contributed by atoms with Gasteiger partial charge in [-0.1, -0.05) is 0 Å². The lowest BCUT2D eigenvalue weighted by Crippen LogP contribution is -2.40. The van der Waals surface area contributed by atoms with Crippen LogP contribution in [0.15, 0.2) is 30.3 Å². The van der Waals surface area contributed by atoms with Crippen LogP contribution in [0.3, 0.4) is 0 Å². The van der Waals surface area contributed by atoms with Crippen molar-refractivity contribution in [3.05, 3.63) is 41.8 Å². The first kappa shape index (κ1) is 16.2. The minimum absolute atomic E-state index is 0.143. The van der Waals surface area contributed by atoms with Crippen LogP contribution in [0.25, 0.3) is 11.3 Å². The molecule has 0 bridgehead atoms. The van der Waals surface area contributed by atoms with Gasteiger partial charge in [0.25, 0.3) is 5.91 Å². The molecule has 1 N–H and O–H groups in total. The number of esters is 1. The third-order valence-corrected chi connectivity index (χ3v) is 4.26. The first-order valence-electron chi connectivity index (χ1n) is 7.77. The number of hydrogen-bond donors (Lipinski definition) is 1. The summed E-state index contributed by atoms with van der Waals surface area (Å²) in [6.07, 6.45) is 1.19. The second kappa shape index (κ2) is 6.82. The number of nitrogens with zero attached hydrogens (tertiary/aromatic N) is 2. The van der Waals surface area contributed by atoms with Gasteiger partial charge in [-0.3, -0.25) is 14.7 Å². The maximum Gasteiger partial charge on any atom is 0.308 e. The minimum atomic E-state index is -0.320. The van der Waals surface area contributed by atoms with Crippen molar-refractivity contribution in [2.45, 2.75) is 12.8 Å². The lowest BCUT2D eigenvalue weighted by atomic mass is 9.97. The third kappa shape index (κ3) is 3.29. The summed E-state index contributed by atoms with van der Waals surface area (Å²) < 4.78 is 17.7. The molecular formula is C17H18FN3O3. The van der Waals surface area contributed by atoms with Crippen LogP contribution in [0.4, 0.5) is 4.39 Å². The molecule has 0 spiro atoms. The van der Waals surface area contributed by atoms with E-state index in [0.29, 0.717) is 37.3 Å². The SMILES string of the molecule is COC(=O)C1CCN(C(=O)c2cc(-c3ccc(F)cc3)n[nH]2)CC1. The van der Waals surface area contributed by atoms with Gasteiger partial charge in [-0.2, -0.15) is 5.10 Å². The normalized spacial score (nSPS) is 15.3. The highest BCUT2D eigenvalue weighted by Gasteiger charge is 2.29. The van der Waals surface area contributed by atoms with Crippen LogP contribution in [-0.4, -0.2) is 47.2 Å². The summed E-state index contributed by atoms with van der Waals surface area (Å²) in [6.45, 7) is 1.01. The van der Waals surface area contributed by atoms with Crippen LogP contribution in [0, 0.1) is 11.7 Å². The van der Waals surface area contributed by atoms with Gasteiger partial charge in [0.05, 0.1) is 18.7 Å². The number of methoxy groups -OCH3 is 1. The number of rotatable bonds is 3. The quantitative estimate of drug-likeness (QED) is 0.875. The Balaban J connectivity index is 1.66. The molecule has 2 aromatic rings. The van der Waals surface area contributed by atoms with Crippen LogP contribution < -0.4 is 0 Å². The van der Waals surface area contributed by atoms with Gasteiger partial charge in [0, 0.05) is 18.7 Å². The highest BCUT2D eigenvalue weighted by Crippen LogP contribution is 2.22. The van der Waals surface area contributed by atoms with Crippen LogP contribution in [0.1, 0.15) is 23.3 Å². The summed E-state index contributed by atoms with van der Waals surface area (Å²) >= 11 is 0. The highest BCUT2D eigenvalue weighted by atomic mass is 19.1. The van der Waals surface area contributed by atoms with E-state index >= 15 is 0 Å². The largest absolute Gasteiger partial charge is 0.469 e. The van der Waals surface area contributed by atoms with Gasteiger partial charge < -0.3 is 9.64 Å². The van der Waals surface area contributed by atoms with Gasteiger partial charge in [-0.15, -0.1) is 0 Å². The van der Waals surface area contributed by atoms with E-state index in [1.165, 1.54) is 19.2 Å². The molecule has 1 amide bonds. The average Bonchev–Trinajstić information content (AvgIpc) is 3.11. The fourth-order valence-corrected chi connectivity index (χ4v) is 2.86. The van der Waals surface area contributed by atoms with Crippen molar-refractivity contribution < 1.29 is 18.7 Å². The Morgan fingerprint density at radius 2 is 1.92 bits per heavy atom. The summed E-state index contributed by atoms with van der Waals surface area (Å²) in [5.74, 6) is -0.837. The number of likely N-dealkylation sites (tertiary alicyclic amines) is 1. The molecule has 1 aliphatic heterocycles. The molecule has 0 unspecified atom stereocenters. The second-order valence-electron chi connectivity index (χ2n) is 5.76. The summed E-state index contributed by atoms with van der Waals surface area (Å²) in [7, 11) is 1.38. The van der Waals surface area contributed by atoms with Crippen LogP contribution in [0.5, 0.6) is 0 Å². The molecule has 0 radical (unpaired) electrons. The van der Waals surface area contributed by atoms with Crippen molar-refractivity contribution in [1.29, 1.82) is 0 Å². The molecule has 0 saturated carbocycles. The molecular weight excluding hydrogens is 313 g/mol. The molecule has 0 aliphatic carbocycles. The van der Waals surface area contributed by atoms with Crippen molar-refractivity contribution in [3.63, 3.8) is 0 Å². The molecule has 2 heterocycles. The fourth-order valence-electron chi connectivity index (χ4n) is 2.86. The average molecular weight is 331 g/mol. The number of carbonyl (C=O) groups is 2. The number of carbonyl (C=O) groups excluding carboxylic acids is 2. The van der Waals surface area contributed by atoms with Gasteiger partial charge in [0.2, 0.25) is 0 Å². The number of ether oxygens (including phenoxy) is 1. The predicted molar refractivity (Wildman–Crippen MR) is 84.6 cm³/mol. The number of aromatic nitrogens is 2. The number of aromatic amines is 1. The Hall–Kier alpha value is -2.70. The first-order chi connectivity index (χ1) is 11.6. The molecule has 1 aromatic heterocycles. The number of nitrogens with one attached hydrogen (secondary N) is 1. The highest BCUT2D eigenvalue weighted by molar-refractivity contribution is 5.93. The lowest BCUT2D eigenvalue weighted by Gasteiger charge is -2.30. The molecule has 126 valence electrons. The smallest absolute Gasteiger partial charge is 0.308 e. The van der Waals surface area contributed by atoms with E-state index in [-0.39, 0.29) is 23.6 Å². The Kier molecular flexibility index (Phi) is 4.59. The topological polar surface area (TPSA) is 75.3 Å². The molecule has 1 aromatic carbocycles. The number of hydrogen-bond acceptors (Lipinski definition) is 4. The van der Waals surface area contributed by atoms with Crippen molar-refractivity contribution in [3.8, 4) is 11.3 Å². The number of piperidine rings is 1. The van der Waals surface area contributed by atoms with Crippen LogP contribution >= 0.6 is 0 Å². The van der Waals surface area contributed by atoms with E-state index in [9.17, 15) is 14.0 Å². The van der Waals surface area contributed by atoms with E-state index in [4.69, 9.17) is 4.74 Å². The van der Waals surface area contributed by atoms with E-state index < -0.39 is 0 Å². The van der Waals surface area contributed by atoms with Gasteiger partial charge >= 0.3 is 5.97 Å². The van der Waals surface area contributed by atoms with Gasteiger partial charge in [0.1, 0.15) is 11.5 Å². The standard InChI is InChI=1S/C17H18FN3O3/c1-24-17(23)12-6-8-21(9-7-12)16(22)15-10-14(19-20-15)11-2-4-13(18)5-3-11/h2-5,10,12H,6-9H2,1H3,(H,19,20). The maximum absolute atomic E-state index is 13.0. The zero-order chi connectivity index (χ0) is 17.1. The number of benzene rings is 1.